The van der Waals surface area contributed by atoms with Gasteiger partial charge in [-0.3, -0.25) is 15.1 Å². The first kappa shape index (κ1) is 22.6. The van der Waals surface area contributed by atoms with Crippen molar-refractivity contribution in [3.8, 4) is 0 Å². The monoisotopic (exact) mass is 484 g/mol. The summed E-state index contributed by atoms with van der Waals surface area (Å²) in [6, 6.07) is 8.36. The zero-order valence-electron chi connectivity index (χ0n) is 18.9. The van der Waals surface area contributed by atoms with Crippen molar-refractivity contribution in [3.05, 3.63) is 59.1 Å². The van der Waals surface area contributed by atoms with Crippen molar-refractivity contribution < 1.29 is 13.9 Å². The van der Waals surface area contributed by atoms with Gasteiger partial charge in [0.25, 0.3) is 0 Å². The molecule has 2 aromatic heterocycles. The molecule has 2 aliphatic heterocycles. The Morgan fingerprint density at radius 3 is 2.97 bits per heavy atom. The average Bonchev–Trinajstić information content (AvgIpc) is 3.24. The van der Waals surface area contributed by atoms with Gasteiger partial charge in [0.2, 0.25) is 5.91 Å². The molecule has 178 valence electrons. The summed E-state index contributed by atoms with van der Waals surface area (Å²) in [7, 11) is 0. The molecule has 1 aromatic carbocycles. The number of anilines is 2. The van der Waals surface area contributed by atoms with E-state index in [-0.39, 0.29) is 30.4 Å². The van der Waals surface area contributed by atoms with Crippen LogP contribution < -0.4 is 10.6 Å². The highest BCUT2D eigenvalue weighted by molar-refractivity contribution is 6.34. The van der Waals surface area contributed by atoms with Crippen LogP contribution in [-0.4, -0.2) is 45.1 Å². The summed E-state index contributed by atoms with van der Waals surface area (Å²) >= 11 is 6.79. The highest BCUT2D eigenvalue weighted by Crippen LogP contribution is 2.39. The lowest BCUT2D eigenvalue weighted by Gasteiger charge is -2.45. The second-order valence-corrected chi connectivity index (χ2v) is 9.51. The van der Waals surface area contributed by atoms with E-state index < -0.39 is 11.4 Å². The third-order valence-corrected chi connectivity index (χ3v) is 6.97. The predicted octanol–water partition coefficient (Wildman–Crippen LogP) is 4.41. The fraction of sp³-hybridized carbons (Fsp3) is 0.375. The third-order valence-electron chi connectivity index (χ3n) is 6.56. The van der Waals surface area contributed by atoms with Crippen LogP contribution >= 0.6 is 11.6 Å². The zero-order chi connectivity index (χ0) is 24.0. The van der Waals surface area contributed by atoms with E-state index in [4.69, 9.17) is 21.7 Å². The van der Waals surface area contributed by atoms with Crippen LogP contribution in [-0.2, 0) is 15.1 Å². The maximum absolute atomic E-state index is 14.4. The van der Waals surface area contributed by atoms with Crippen molar-refractivity contribution in [1.29, 1.82) is 5.41 Å². The van der Waals surface area contributed by atoms with E-state index in [1.807, 2.05) is 26.0 Å². The molecule has 0 unspecified atom stereocenters. The minimum absolute atomic E-state index is 0.0515. The van der Waals surface area contributed by atoms with Gasteiger partial charge in [-0.25, -0.2) is 8.91 Å². The molecular weight excluding hydrogens is 459 g/mol. The van der Waals surface area contributed by atoms with Gasteiger partial charge < -0.3 is 15.4 Å². The first-order valence-corrected chi connectivity index (χ1v) is 11.6. The predicted molar refractivity (Wildman–Crippen MR) is 128 cm³/mol. The number of carbonyl (C=O) groups is 1. The molecule has 2 fully saturated rings. The quantitative estimate of drug-likeness (QED) is 0.510. The largest absolute Gasteiger partial charge is 0.378 e. The molecule has 2 aliphatic rings. The van der Waals surface area contributed by atoms with Crippen LogP contribution in [0.1, 0.15) is 38.7 Å². The fourth-order valence-electron chi connectivity index (χ4n) is 4.90. The van der Waals surface area contributed by atoms with Crippen molar-refractivity contribution in [2.75, 3.05) is 11.9 Å². The molecule has 10 heteroatoms. The Hall–Kier alpha value is -3.17. The molecule has 2 saturated heterocycles. The minimum Gasteiger partial charge on any atom is -0.378 e. The second kappa shape index (κ2) is 8.56. The number of fused-ring (bicyclic) bond motifs is 1. The molecule has 0 saturated carbocycles. The van der Waals surface area contributed by atoms with E-state index in [0.29, 0.717) is 46.9 Å². The van der Waals surface area contributed by atoms with Gasteiger partial charge in [-0.15, -0.1) is 0 Å². The van der Waals surface area contributed by atoms with Gasteiger partial charge in [-0.1, -0.05) is 23.7 Å². The molecule has 0 spiro atoms. The minimum atomic E-state index is -0.868. The summed E-state index contributed by atoms with van der Waals surface area (Å²) in [6.45, 7) is 4.42. The van der Waals surface area contributed by atoms with Crippen LogP contribution in [0.25, 0.3) is 5.52 Å². The number of pyridine rings is 1. The summed E-state index contributed by atoms with van der Waals surface area (Å²) in [5.74, 6) is -0.457. The number of benzene rings is 1. The molecule has 0 aliphatic carbocycles. The number of amides is 1. The van der Waals surface area contributed by atoms with Crippen molar-refractivity contribution in [1.82, 2.24) is 19.8 Å². The summed E-state index contributed by atoms with van der Waals surface area (Å²) in [6.07, 6.45) is 4.81. The maximum Gasteiger partial charge on any atom is 0.232 e. The van der Waals surface area contributed by atoms with Crippen LogP contribution in [0, 0.1) is 11.2 Å². The fourth-order valence-corrected chi connectivity index (χ4v) is 5.28. The van der Waals surface area contributed by atoms with Crippen LogP contribution in [0.15, 0.2) is 42.7 Å². The number of guanidine groups is 1. The van der Waals surface area contributed by atoms with Gasteiger partial charge in [0, 0.05) is 18.7 Å². The number of hydrogen-bond donors (Lipinski definition) is 3. The molecule has 34 heavy (non-hydrogen) atoms. The van der Waals surface area contributed by atoms with E-state index in [1.165, 1.54) is 16.8 Å². The summed E-state index contributed by atoms with van der Waals surface area (Å²) < 4.78 is 21.4. The zero-order valence-corrected chi connectivity index (χ0v) is 19.7. The number of rotatable bonds is 4. The van der Waals surface area contributed by atoms with E-state index in [2.05, 4.69) is 15.7 Å². The van der Waals surface area contributed by atoms with Gasteiger partial charge in [-0.2, -0.15) is 5.10 Å². The Kier molecular flexibility index (Phi) is 5.69. The molecule has 3 aromatic rings. The second-order valence-electron chi connectivity index (χ2n) is 9.14. The molecule has 3 atom stereocenters. The number of carbonyl (C=O) groups excluding carboxylic acids is 1. The van der Waals surface area contributed by atoms with Crippen molar-refractivity contribution in [3.63, 3.8) is 0 Å². The lowest BCUT2D eigenvalue weighted by molar-refractivity contribution is -0.134. The smallest absolute Gasteiger partial charge is 0.232 e. The third kappa shape index (κ3) is 3.99. The van der Waals surface area contributed by atoms with Gasteiger partial charge in [0.15, 0.2) is 11.8 Å². The maximum atomic E-state index is 14.4. The molecule has 8 nitrogen and oxygen atoms in total. The normalized spacial score (nSPS) is 25.5. The Balaban J connectivity index is 1.41. The Labute approximate surface area is 201 Å². The summed E-state index contributed by atoms with van der Waals surface area (Å²) in [4.78, 5) is 14.8. The lowest BCUT2D eigenvalue weighted by Crippen LogP contribution is -2.63. The van der Waals surface area contributed by atoms with Crippen LogP contribution in [0.2, 0.25) is 5.02 Å². The summed E-state index contributed by atoms with van der Waals surface area (Å²) in [5.41, 5.74) is 1.24. The van der Waals surface area contributed by atoms with Gasteiger partial charge in [-0.05, 0) is 44.4 Å². The van der Waals surface area contributed by atoms with Crippen LogP contribution in [0.5, 0.6) is 0 Å². The SMILES string of the molecule is C[C@H]1C[C@@H](N2C(=N)N[C@](C)(c3cccc(Nc4cc(F)c5ccnn5c4)c3Cl)CC2=O)CCO1. The van der Waals surface area contributed by atoms with E-state index in [1.54, 1.807) is 23.2 Å². The first-order chi connectivity index (χ1) is 16.2. The van der Waals surface area contributed by atoms with E-state index >= 15 is 0 Å². The number of nitrogens with one attached hydrogen (secondary N) is 3. The number of hydrogen-bond acceptors (Lipinski definition) is 5. The molecule has 1 amide bonds. The number of ether oxygens (including phenoxy) is 1. The van der Waals surface area contributed by atoms with E-state index in [9.17, 15) is 9.18 Å². The standard InChI is InChI=1S/C24H26ClFN6O2/c1-14-10-16(7-9-34-14)32-21(33)12-24(2,30-23(32)27)17-4-3-5-19(22(17)25)29-15-11-18(26)20-6-8-28-31(20)13-15/h3-6,8,11,13-14,16,29H,7,9-10,12H2,1-2H3,(H2,27,30)/t14-,16-,24-/m0/s1. The van der Waals surface area contributed by atoms with E-state index in [0.717, 1.165) is 0 Å². The Morgan fingerprint density at radius 2 is 2.21 bits per heavy atom. The molecule has 3 N–H and O–H groups in total. The Bertz CT molecular complexity index is 1260. The molecular formula is C24H26ClFN6O2. The molecule has 0 radical (unpaired) electrons. The topological polar surface area (TPSA) is 94.8 Å². The number of nitrogens with zero attached hydrogens (tertiary/aromatic N) is 3. The molecule has 5 rings (SSSR count). The first-order valence-electron chi connectivity index (χ1n) is 11.2. The van der Waals surface area contributed by atoms with Crippen LogP contribution in [0.3, 0.4) is 0 Å². The van der Waals surface area contributed by atoms with Crippen molar-refractivity contribution >= 4 is 40.4 Å². The highest BCUT2D eigenvalue weighted by atomic mass is 35.5. The van der Waals surface area contributed by atoms with Crippen molar-refractivity contribution in [2.45, 2.75) is 50.8 Å². The van der Waals surface area contributed by atoms with Crippen LogP contribution in [0.4, 0.5) is 15.8 Å². The number of halogens is 2. The molecule has 4 heterocycles. The van der Waals surface area contributed by atoms with Gasteiger partial charge in [0.1, 0.15) is 5.52 Å². The van der Waals surface area contributed by atoms with Gasteiger partial charge in [0.05, 0.1) is 46.9 Å². The van der Waals surface area contributed by atoms with Crippen molar-refractivity contribution in [2.24, 2.45) is 0 Å². The Morgan fingerprint density at radius 1 is 1.38 bits per heavy atom. The highest BCUT2D eigenvalue weighted by Gasteiger charge is 2.43. The lowest BCUT2D eigenvalue weighted by atomic mass is 9.85. The van der Waals surface area contributed by atoms with Gasteiger partial charge >= 0.3 is 0 Å². The number of aromatic nitrogens is 2. The summed E-state index contributed by atoms with van der Waals surface area (Å²) in [5, 5.41) is 19.5. The molecule has 0 bridgehead atoms. The average molecular weight is 485 g/mol.